The van der Waals surface area contributed by atoms with Crippen LogP contribution in [0.3, 0.4) is 0 Å². The quantitative estimate of drug-likeness (QED) is 0.588. The van der Waals surface area contributed by atoms with Crippen molar-refractivity contribution in [3.05, 3.63) is 59.2 Å². The zero-order valence-corrected chi connectivity index (χ0v) is 17.9. The topological polar surface area (TPSA) is 84.5 Å². The predicted molar refractivity (Wildman–Crippen MR) is 110 cm³/mol. The monoisotopic (exact) mass is 440 g/mol. The third-order valence-corrected chi connectivity index (χ3v) is 6.14. The first-order chi connectivity index (χ1) is 14.1. The lowest BCUT2D eigenvalue weighted by Gasteiger charge is -2.20. The molecule has 2 aromatic carbocycles. The minimum absolute atomic E-state index is 0.00445. The van der Waals surface area contributed by atoms with Crippen LogP contribution in [0.2, 0.25) is 0 Å². The lowest BCUT2D eigenvalue weighted by molar-refractivity contribution is -0.121. The van der Waals surface area contributed by atoms with Gasteiger partial charge in [-0.3, -0.25) is 4.79 Å². The van der Waals surface area contributed by atoms with Crippen LogP contribution in [-0.2, 0) is 14.8 Å². The smallest absolute Gasteiger partial charge is 0.387 e. The maximum atomic E-state index is 12.6. The highest BCUT2D eigenvalue weighted by molar-refractivity contribution is 7.89. The van der Waals surface area contributed by atoms with E-state index in [1.807, 2.05) is 6.92 Å². The molecule has 0 aromatic heterocycles. The van der Waals surface area contributed by atoms with Crippen molar-refractivity contribution < 1.29 is 26.7 Å². The predicted octanol–water partition coefficient (Wildman–Crippen LogP) is 3.84. The zero-order chi connectivity index (χ0) is 22.3. The van der Waals surface area contributed by atoms with Crippen LogP contribution in [0.15, 0.2) is 47.4 Å². The van der Waals surface area contributed by atoms with Gasteiger partial charge in [0.2, 0.25) is 15.9 Å². The second kappa shape index (κ2) is 10.5. The number of amides is 1. The highest BCUT2D eigenvalue weighted by Crippen LogP contribution is 2.28. The van der Waals surface area contributed by atoms with Crippen molar-refractivity contribution in [1.82, 2.24) is 10.0 Å². The van der Waals surface area contributed by atoms with Gasteiger partial charge in [-0.2, -0.15) is 8.78 Å². The largest absolute Gasteiger partial charge is 0.434 e. The lowest BCUT2D eigenvalue weighted by Crippen LogP contribution is -2.33. The van der Waals surface area contributed by atoms with E-state index in [4.69, 9.17) is 0 Å². The molecule has 0 saturated carbocycles. The van der Waals surface area contributed by atoms with Crippen LogP contribution in [0.1, 0.15) is 42.5 Å². The summed E-state index contributed by atoms with van der Waals surface area (Å²) in [4.78, 5) is 12.5. The van der Waals surface area contributed by atoms with Gasteiger partial charge in [-0.25, -0.2) is 13.1 Å². The van der Waals surface area contributed by atoms with E-state index in [9.17, 15) is 22.0 Å². The third kappa shape index (κ3) is 6.50. The number of nitrogens with one attached hydrogen (secondary N) is 2. The summed E-state index contributed by atoms with van der Waals surface area (Å²) < 4.78 is 57.1. The summed E-state index contributed by atoms with van der Waals surface area (Å²) in [5.41, 5.74) is 2.01. The molecule has 6 nitrogen and oxygen atoms in total. The van der Waals surface area contributed by atoms with E-state index in [0.717, 1.165) is 5.56 Å². The minimum atomic E-state index is -3.74. The van der Waals surface area contributed by atoms with Gasteiger partial charge in [-0.05, 0) is 38.0 Å². The highest BCUT2D eigenvalue weighted by atomic mass is 32.2. The summed E-state index contributed by atoms with van der Waals surface area (Å²) in [5.74, 6) is -0.410. The fourth-order valence-corrected chi connectivity index (χ4v) is 4.37. The van der Waals surface area contributed by atoms with E-state index in [1.54, 1.807) is 44.2 Å². The van der Waals surface area contributed by atoms with Crippen LogP contribution in [0.25, 0.3) is 0 Å². The van der Waals surface area contributed by atoms with Gasteiger partial charge in [-0.15, -0.1) is 0 Å². The van der Waals surface area contributed by atoms with Crippen molar-refractivity contribution in [1.29, 1.82) is 0 Å². The van der Waals surface area contributed by atoms with Crippen LogP contribution < -0.4 is 14.8 Å². The van der Waals surface area contributed by atoms with Crippen molar-refractivity contribution in [3.8, 4) is 5.75 Å². The number of sulfonamides is 1. The van der Waals surface area contributed by atoms with E-state index in [-0.39, 0.29) is 23.6 Å². The van der Waals surface area contributed by atoms with Crippen molar-refractivity contribution in [2.45, 2.75) is 51.2 Å². The van der Waals surface area contributed by atoms with Crippen LogP contribution in [0.4, 0.5) is 8.78 Å². The van der Waals surface area contributed by atoms with Crippen LogP contribution in [0.5, 0.6) is 5.75 Å². The summed E-state index contributed by atoms with van der Waals surface area (Å²) in [6.07, 6.45) is 0.349. The number of aryl methyl sites for hydroxylation is 2. The van der Waals surface area contributed by atoms with Gasteiger partial charge in [0.1, 0.15) is 5.75 Å². The first-order valence-electron chi connectivity index (χ1n) is 9.54. The average molecular weight is 441 g/mol. The molecule has 0 aliphatic heterocycles. The van der Waals surface area contributed by atoms with Gasteiger partial charge in [0, 0.05) is 18.5 Å². The Hall–Kier alpha value is -2.52. The number of ether oxygens (including phenoxy) is 1. The van der Waals surface area contributed by atoms with Crippen LogP contribution in [-0.4, -0.2) is 27.5 Å². The van der Waals surface area contributed by atoms with Gasteiger partial charge in [0.15, 0.2) is 0 Å². The van der Waals surface area contributed by atoms with E-state index in [2.05, 4.69) is 14.8 Å². The molecule has 0 aliphatic carbocycles. The Bertz CT molecular complexity index is 981. The van der Waals surface area contributed by atoms with E-state index >= 15 is 0 Å². The Balaban J connectivity index is 1.98. The van der Waals surface area contributed by atoms with Gasteiger partial charge >= 0.3 is 6.61 Å². The van der Waals surface area contributed by atoms with Gasteiger partial charge in [-0.1, -0.05) is 42.8 Å². The molecule has 2 rings (SSSR count). The number of benzene rings is 2. The molecule has 0 heterocycles. The second-order valence-electron chi connectivity index (χ2n) is 6.86. The number of hydrogen-bond donors (Lipinski definition) is 2. The molecule has 2 aromatic rings. The number of carbonyl (C=O) groups excluding carboxylic acids is 1. The molecule has 2 N–H and O–H groups in total. The average Bonchev–Trinajstić information content (AvgIpc) is 2.65. The maximum absolute atomic E-state index is 12.6. The SMILES string of the molecule is CCC(NC(=O)CCNS(=O)(=O)c1ccc(C)cc1C)c1ccccc1OC(F)F. The number of alkyl halides is 2. The Labute approximate surface area is 175 Å². The fraction of sp³-hybridized carbons (Fsp3) is 0.381. The molecule has 1 amide bonds. The molecule has 0 fully saturated rings. The second-order valence-corrected chi connectivity index (χ2v) is 8.60. The van der Waals surface area contributed by atoms with Crippen LogP contribution in [0, 0.1) is 13.8 Å². The first-order valence-corrected chi connectivity index (χ1v) is 11.0. The number of halogens is 2. The van der Waals surface area contributed by atoms with E-state index < -0.39 is 28.6 Å². The fourth-order valence-electron chi connectivity index (χ4n) is 3.12. The van der Waals surface area contributed by atoms with Crippen LogP contribution >= 0.6 is 0 Å². The summed E-state index contributed by atoms with van der Waals surface area (Å²) in [7, 11) is -3.74. The van der Waals surface area contributed by atoms with Gasteiger partial charge in [0.25, 0.3) is 0 Å². The maximum Gasteiger partial charge on any atom is 0.387 e. The Morgan fingerprint density at radius 1 is 1.13 bits per heavy atom. The van der Waals surface area contributed by atoms with E-state index in [1.165, 1.54) is 12.1 Å². The van der Waals surface area contributed by atoms with Crippen molar-refractivity contribution in [2.24, 2.45) is 0 Å². The molecule has 30 heavy (non-hydrogen) atoms. The summed E-state index contributed by atoms with van der Waals surface area (Å²) in [6, 6.07) is 10.7. The molecule has 9 heteroatoms. The number of para-hydroxylation sites is 1. The number of hydrogen-bond acceptors (Lipinski definition) is 4. The number of rotatable bonds is 10. The number of carbonyl (C=O) groups is 1. The molecular formula is C21H26F2N2O4S. The van der Waals surface area contributed by atoms with Crippen molar-refractivity contribution >= 4 is 15.9 Å². The molecule has 0 aliphatic rings. The highest BCUT2D eigenvalue weighted by Gasteiger charge is 2.20. The summed E-state index contributed by atoms with van der Waals surface area (Å²) >= 11 is 0. The summed E-state index contributed by atoms with van der Waals surface area (Å²) in [6.45, 7) is 2.31. The Kier molecular flexibility index (Phi) is 8.31. The minimum Gasteiger partial charge on any atom is -0.434 e. The molecule has 1 atom stereocenters. The molecule has 0 bridgehead atoms. The normalized spacial score (nSPS) is 12.6. The Morgan fingerprint density at radius 2 is 1.83 bits per heavy atom. The summed E-state index contributed by atoms with van der Waals surface area (Å²) in [5, 5.41) is 2.74. The molecule has 0 spiro atoms. The van der Waals surface area contributed by atoms with Gasteiger partial charge in [0.05, 0.1) is 10.9 Å². The van der Waals surface area contributed by atoms with Crippen molar-refractivity contribution in [3.63, 3.8) is 0 Å². The molecule has 1 unspecified atom stereocenters. The van der Waals surface area contributed by atoms with E-state index in [0.29, 0.717) is 17.5 Å². The van der Waals surface area contributed by atoms with Gasteiger partial charge < -0.3 is 10.1 Å². The Morgan fingerprint density at radius 3 is 2.47 bits per heavy atom. The molecule has 164 valence electrons. The zero-order valence-electron chi connectivity index (χ0n) is 17.1. The van der Waals surface area contributed by atoms with Crippen molar-refractivity contribution in [2.75, 3.05) is 6.54 Å². The molecular weight excluding hydrogens is 414 g/mol. The standard InChI is InChI=1S/C21H26F2N2O4S/c1-4-17(16-7-5-6-8-18(16)29-21(22)23)25-20(26)11-12-24-30(27,28)19-10-9-14(2)13-15(19)3/h5-10,13,17,21,24H,4,11-12H2,1-3H3,(H,25,26). The lowest BCUT2D eigenvalue weighted by atomic mass is 10.0. The molecule has 0 saturated heterocycles. The first kappa shape index (κ1) is 23.8. The molecule has 0 radical (unpaired) electrons. The third-order valence-electron chi connectivity index (χ3n) is 4.52.